The quantitative estimate of drug-likeness (QED) is 0.814. The molecular weight excluding hydrogens is 234 g/mol. The number of hydrogen-bond donors (Lipinski definition) is 1. The van der Waals surface area contributed by atoms with Gasteiger partial charge in [0.05, 0.1) is 7.11 Å². The van der Waals surface area contributed by atoms with Crippen molar-refractivity contribution >= 4 is 5.97 Å². The number of pyridine rings is 1. The van der Waals surface area contributed by atoms with Gasteiger partial charge in [-0.15, -0.1) is 0 Å². The van der Waals surface area contributed by atoms with Crippen molar-refractivity contribution in [2.45, 2.75) is 38.1 Å². The summed E-state index contributed by atoms with van der Waals surface area (Å²) >= 11 is 0. The van der Waals surface area contributed by atoms with Gasteiger partial charge < -0.3 is 14.4 Å². The Morgan fingerprint density at radius 3 is 2.67 bits per heavy atom. The minimum atomic E-state index is -0.628. The zero-order valence-electron chi connectivity index (χ0n) is 10.4. The molecule has 0 bridgehead atoms. The number of ether oxygens (including phenoxy) is 1. The van der Waals surface area contributed by atoms with E-state index in [0.29, 0.717) is 0 Å². The maximum atomic E-state index is 11.9. The normalized spacial score (nSPS) is 16.5. The van der Waals surface area contributed by atoms with Gasteiger partial charge in [0, 0.05) is 18.3 Å². The Labute approximate surface area is 105 Å². The Morgan fingerprint density at radius 1 is 1.39 bits per heavy atom. The van der Waals surface area contributed by atoms with E-state index in [2.05, 4.69) is 4.74 Å². The lowest BCUT2D eigenvalue weighted by molar-refractivity contribution is 0.0596. The van der Waals surface area contributed by atoms with Crippen molar-refractivity contribution in [3.63, 3.8) is 0 Å². The Balaban J connectivity index is 2.40. The lowest BCUT2D eigenvalue weighted by Gasteiger charge is -2.24. The van der Waals surface area contributed by atoms with E-state index in [4.69, 9.17) is 0 Å². The molecule has 0 saturated heterocycles. The Bertz CT molecular complexity index is 500. The molecule has 0 unspecified atom stereocenters. The summed E-state index contributed by atoms with van der Waals surface area (Å²) in [5, 5.41) is 9.60. The highest BCUT2D eigenvalue weighted by molar-refractivity contribution is 5.91. The minimum Gasteiger partial charge on any atom is -0.507 e. The van der Waals surface area contributed by atoms with Crippen LogP contribution in [0.1, 0.15) is 48.5 Å². The summed E-state index contributed by atoms with van der Waals surface area (Å²) in [6.45, 7) is 0. The molecule has 5 heteroatoms. The van der Waals surface area contributed by atoms with Crippen LogP contribution in [0.15, 0.2) is 17.1 Å². The first-order valence-corrected chi connectivity index (χ1v) is 6.17. The highest BCUT2D eigenvalue weighted by atomic mass is 16.5. The molecule has 98 valence electrons. The average Bonchev–Trinajstić information content (AvgIpc) is 2.39. The molecule has 1 saturated carbocycles. The lowest BCUT2D eigenvalue weighted by atomic mass is 9.95. The fourth-order valence-corrected chi connectivity index (χ4v) is 2.45. The number of hydrogen-bond acceptors (Lipinski definition) is 4. The van der Waals surface area contributed by atoms with Crippen LogP contribution in [0, 0.1) is 0 Å². The summed E-state index contributed by atoms with van der Waals surface area (Å²) in [5.74, 6) is -0.948. The van der Waals surface area contributed by atoms with E-state index in [1.165, 1.54) is 19.7 Å². The number of carbonyl (C=O) groups excluding carboxylic acids is 1. The standard InChI is InChI=1S/C13H17NO4/c1-18-13(17)10-8-14(12(16)7-11(10)15)9-5-3-2-4-6-9/h7-9,15H,2-6H2,1H3. The third-order valence-electron chi connectivity index (χ3n) is 3.43. The molecule has 0 radical (unpaired) electrons. The summed E-state index contributed by atoms with van der Waals surface area (Å²) in [6.07, 6.45) is 6.65. The number of rotatable bonds is 2. The van der Waals surface area contributed by atoms with E-state index < -0.39 is 5.97 Å². The van der Waals surface area contributed by atoms with Gasteiger partial charge in [0.1, 0.15) is 11.3 Å². The fourth-order valence-electron chi connectivity index (χ4n) is 2.45. The van der Waals surface area contributed by atoms with Crippen molar-refractivity contribution < 1.29 is 14.6 Å². The minimum absolute atomic E-state index is 0.0441. The molecule has 0 atom stereocenters. The second kappa shape index (κ2) is 5.25. The maximum Gasteiger partial charge on any atom is 0.343 e. The SMILES string of the molecule is COC(=O)c1cn(C2CCCCC2)c(=O)cc1O. The van der Waals surface area contributed by atoms with Gasteiger partial charge in [0.2, 0.25) is 0 Å². The predicted octanol–water partition coefficient (Wildman–Crippen LogP) is 1.85. The number of nitrogens with zero attached hydrogens (tertiary/aromatic N) is 1. The summed E-state index contributed by atoms with van der Waals surface area (Å²) in [4.78, 5) is 23.3. The molecule has 2 rings (SSSR count). The molecule has 1 aliphatic carbocycles. The highest BCUT2D eigenvalue weighted by Crippen LogP contribution is 2.28. The van der Waals surface area contributed by atoms with Gasteiger partial charge >= 0.3 is 5.97 Å². The highest BCUT2D eigenvalue weighted by Gasteiger charge is 2.20. The number of carbonyl (C=O) groups is 1. The van der Waals surface area contributed by atoms with Gasteiger partial charge in [0.25, 0.3) is 5.56 Å². The Kier molecular flexibility index (Phi) is 3.69. The lowest BCUT2D eigenvalue weighted by Crippen LogP contribution is -2.26. The van der Waals surface area contributed by atoms with Gasteiger partial charge in [-0.05, 0) is 12.8 Å². The maximum absolute atomic E-state index is 11.9. The molecule has 1 aliphatic rings. The van der Waals surface area contributed by atoms with Crippen molar-refractivity contribution in [2.24, 2.45) is 0 Å². The van der Waals surface area contributed by atoms with Gasteiger partial charge in [-0.25, -0.2) is 4.79 Å². The Hall–Kier alpha value is -1.78. The second-order valence-corrected chi connectivity index (χ2v) is 4.60. The number of aromatic hydroxyl groups is 1. The molecule has 1 heterocycles. The van der Waals surface area contributed by atoms with Crippen LogP contribution in [-0.4, -0.2) is 22.8 Å². The molecule has 0 spiro atoms. The van der Waals surface area contributed by atoms with Crippen LogP contribution in [0.4, 0.5) is 0 Å². The first-order valence-electron chi connectivity index (χ1n) is 6.17. The smallest absolute Gasteiger partial charge is 0.343 e. The fraction of sp³-hybridized carbons (Fsp3) is 0.538. The van der Waals surface area contributed by atoms with Gasteiger partial charge in [-0.2, -0.15) is 0 Å². The largest absolute Gasteiger partial charge is 0.507 e. The van der Waals surface area contributed by atoms with E-state index in [0.717, 1.165) is 31.7 Å². The third-order valence-corrected chi connectivity index (χ3v) is 3.43. The molecule has 1 N–H and O–H groups in total. The van der Waals surface area contributed by atoms with Crippen LogP contribution in [0.2, 0.25) is 0 Å². The summed E-state index contributed by atoms with van der Waals surface area (Å²) in [7, 11) is 1.25. The molecular formula is C13H17NO4. The Morgan fingerprint density at radius 2 is 2.06 bits per heavy atom. The predicted molar refractivity (Wildman–Crippen MR) is 65.8 cm³/mol. The molecule has 1 fully saturated rings. The topological polar surface area (TPSA) is 68.5 Å². The van der Waals surface area contributed by atoms with Crippen molar-refractivity contribution in [1.82, 2.24) is 4.57 Å². The molecule has 0 aliphatic heterocycles. The van der Waals surface area contributed by atoms with Gasteiger partial charge in [-0.3, -0.25) is 4.79 Å². The molecule has 0 amide bonds. The van der Waals surface area contributed by atoms with Crippen LogP contribution < -0.4 is 5.56 Å². The van der Waals surface area contributed by atoms with E-state index in [9.17, 15) is 14.7 Å². The van der Waals surface area contributed by atoms with Crippen LogP contribution in [0.3, 0.4) is 0 Å². The number of esters is 1. The zero-order chi connectivity index (χ0) is 13.1. The first-order chi connectivity index (χ1) is 8.63. The van der Waals surface area contributed by atoms with E-state index in [1.807, 2.05) is 0 Å². The van der Waals surface area contributed by atoms with Crippen molar-refractivity contribution in [1.29, 1.82) is 0 Å². The van der Waals surface area contributed by atoms with E-state index in [-0.39, 0.29) is 22.9 Å². The summed E-state index contributed by atoms with van der Waals surface area (Å²) in [5.41, 5.74) is -0.227. The van der Waals surface area contributed by atoms with Crippen LogP contribution in [0.5, 0.6) is 5.75 Å². The van der Waals surface area contributed by atoms with Crippen LogP contribution in [0.25, 0.3) is 0 Å². The van der Waals surface area contributed by atoms with Crippen molar-refractivity contribution in [2.75, 3.05) is 7.11 Å². The number of methoxy groups -OCH3 is 1. The van der Waals surface area contributed by atoms with Crippen molar-refractivity contribution in [3.05, 3.63) is 28.2 Å². The molecule has 1 aromatic rings. The molecule has 18 heavy (non-hydrogen) atoms. The van der Waals surface area contributed by atoms with Gasteiger partial charge in [0.15, 0.2) is 0 Å². The molecule has 0 aromatic carbocycles. The second-order valence-electron chi connectivity index (χ2n) is 4.60. The van der Waals surface area contributed by atoms with E-state index >= 15 is 0 Å². The van der Waals surface area contributed by atoms with E-state index in [1.54, 1.807) is 4.57 Å². The van der Waals surface area contributed by atoms with Crippen LogP contribution in [-0.2, 0) is 4.74 Å². The zero-order valence-corrected chi connectivity index (χ0v) is 10.4. The third kappa shape index (κ3) is 2.39. The number of aromatic nitrogens is 1. The monoisotopic (exact) mass is 251 g/mol. The summed E-state index contributed by atoms with van der Waals surface area (Å²) < 4.78 is 6.13. The molecule has 5 nitrogen and oxygen atoms in total. The van der Waals surface area contributed by atoms with Crippen LogP contribution >= 0.6 is 0 Å². The first kappa shape index (κ1) is 12.7. The van der Waals surface area contributed by atoms with Crippen molar-refractivity contribution in [3.8, 4) is 5.75 Å². The average molecular weight is 251 g/mol. The van der Waals surface area contributed by atoms with Gasteiger partial charge in [-0.1, -0.05) is 19.3 Å². The summed E-state index contributed by atoms with van der Waals surface area (Å²) in [6, 6.07) is 1.20. The molecule has 1 aromatic heterocycles.